The summed E-state index contributed by atoms with van der Waals surface area (Å²) in [5, 5.41) is 10.1. The first kappa shape index (κ1) is 25.2. The Morgan fingerprint density at radius 3 is 1.85 bits per heavy atom. The summed E-state index contributed by atoms with van der Waals surface area (Å²) in [5.74, 6) is 0.0768. The molecule has 1 rings (SSSR count). The molecule has 0 bridgehead atoms. The van der Waals surface area contributed by atoms with Crippen LogP contribution in [0.5, 0.6) is 5.75 Å². The number of phosphoric ester groups is 1. The Labute approximate surface area is 174 Å². The van der Waals surface area contributed by atoms with Crippen LogP contribution in [0.25, 0.3) is 0 Å². The zero-order valence-corrected chi connectivity index (χ0v) is 21.4. The predicted octanol–water partition coefficient (Wildman–Crippen LogP) is 6.68. The highest BCUT2D eigenvalue weighted by molar-refractivity contribution is 7.49. The van der Waals surface area contributed by atoms with Crippen molar-refractivity contribution in [2.45, 2.75) is 58.0 Å². The van der Waals surface area contributed by atoms with E-state index in [1.807, 2.05) is 0 Å². The molecule has 0 amide bonds. The Hall–Kier alpha value is 0.144. The molecule has 0 aliphatic rings. The first-order valence-electron chi connectivity index (χ1n) is 8.92. The van der Waals surface area contributed by atoms with Crippen LogP contribution in [-0.4, -0.2) is 34.5 Å². The van der Waals surface area contributed by atoms with Crippen LogP contribution >= 0.6 is 31.0 Å². The van der Waals surface area contributed by atoms with E-state index in [2.05, 4.69) is 39.3 Å². The molecular formula is C17H31Cl2O5PSi2. The van der Waals surface area contributed by atoms with Gasteiger partial charge in [0, 0.05) is 26.7 Å². The zero-order valence-electron chi connectivity index (χ0n) is 17.0. The molecule has 0 radical (unpaired) electrons. The summed E-state index contributed by atoms with van der Waals surface area (Å²) in [6, 6.07) is 4.61. The maximum atomic E-state index is 13.3. The fourth-order valence-corrected chi connectivity index (χ4v) is 5.61. The summed E-state index contributed by atoms with van der Waals surface area (Å²) in [6.07, 6.45) is 0. The number of benzene rings is 1. The van der Waals surface area contributed by atoms with Crippen LogP contribution in [0.1, 0.15) is 5.56 Å². The maximum Gasteiger partial charge on any atom is 0.530 e. The van der Waals surface area contributed by atoms with Gasteiger partial charge >= 0.3 is 7.82 Å². The van der Waals surface area contributed by atoms with Crippen molar-refractivity contribution in [3.63, 3.8) is 0 Å². The number of aliphatic hydroxyl groups is 1. The van der Waals surface area contributed by atoms with Gasteiger partial charge in [-0.15, -0.1) is 0 Å². The van der Waals surface area contributed by atoms with Gasteiger partial charge in [-0.3, -0.25) is 9.05 Å². The average molecular weight is 473 g/mol. The third-order valence-corrected chi connectivity index (χ3v) is 8.97. The standard InChI is InChI=1S/C17H31Cl2O5PSi2/c1-26(2,3)9-7-22-25(21,23-8-10-27(4,5)6)24-17-14(13-20)11-15(18)12-16(17)19/h11-12,20H,7-10,13H2,1-6H3. The number of halogens is 2. The number of hydrogen-bond acceptors (Lipinski definition) is 5. The molecule has 0 aliphatic heterocycles. The molecule has 0 unspecified atom stereocenters. The quantitative estimate of drug-likeness (QED) is 0.287. The number of rotatable bonds is 11. The van der Waals surface area contributed by atoms with E-state index in [-0.39, 0.29) is 30.6 Å². The lowest BCUT2D eigenvalue weighted by molar-refractivity contribution is 0.165. The fourth-order valence-electron chi connectivity index (χ4n) is 1.96. The maximum absolute atomic E-state index is 13.3. The van der Waals surface area contributed by atoms with E-state index < -0.39 is 24.0 Å². The lowest BCUT2D eigenvalue weighted by atomic mass is 10.2. The Bertz CT molecular complexity index is 651. The Morgan fingerprint density at radius 1 is 0.963 bits per heavy atom. The second-order valence-electron chi connectivity index (χ2n) is 8.86. The molecule has 5 nitrogen and oxygen atoms in total. The van der Waals surface area contributed by atoms with E-state index in [0.717, 1.165) is 12.1 Å². The Balaban J connectivity index is 3.01. The van der Waals surface area contributed by atoms with Crippen LogP contribution < -0.4 is 4.52 Å². The van der Waals surface area contributed by atoms with Crippen LogP contribution in [0.4, 0.5) is 0 Å². The van der Waals surface area contributed by atoms with Crippen molar-refractivity contribution in [3.05, 3.63) is 27.7 Å². The van der Waals surface area contributed by atoms with Gasteiger partial charge in [0.2, 0.25) is 0 Å². The highest BCUT2D eigenvalue weighted by Crippen LogP contribution is 2.52. The van der Waals surface area contributed by atoms with Crippen molar-refractivity contribution in [3.8, 4) is 5.75 Å². The molecule has 0 aromatic heterocycles. The molecule has 156 valence electrons. The van der Waals surface area contributed by atoms with Crippen LogP contribution in [0.3, 0.4) is 0 Å². The first-order chi connectivity index (χ1) is 12.2. The third-order valence-electron chi connectivity index (χ3n) is 3.66. The molecule has 10 heteroatoms. The van der Waals surface area contributed by atoms with Crippen molar-refractivity contribution >= 4 is 47.2 Å². The summed E-state index contributed by atoms with van der Waals surface area (Å²) >= 11 is 12.2. The molecule has 0 atom stereocenters. The van der Waals surface area contributed by atoms with E-state index in [4.69, 9.17) is 36.8 Å². The van der Waals surface area contributed by atoms with E-state index >= 15 is 0 Å². The molecule has 0 aliphatic carbocycles. The van der Waals surface area contributed by atoms with E-state index in [9.17, 15) is 9.67 Å². The molecule has 27 heavy (non-hydrogen) atoms. The highest BCUT2D eigenvalue weighted by Gasteiger charge is 2.32. The number of phosphoric acid groups is 1. The van der Waals surface area contributed by atoms with Gasteiger partial charge in [0.15, 0.2) is 5.75 Å². The van der Waals surface area contributed by atoms with Crippen LogP contribution in [-0.2, 0) is 20.2 Å². The van der Waals surface area contributed by atoms with E-state index in [0.29, 0.717) is 10.6 Å². The fraction of sp³-hybridized carbons (Fsp3) is 0.647. The Kier molecular flexibility index (Phi) is 9.57. The minimum atomic E-state index is -3.89. The lowest BCUT2D eigenvalue weighted by Gasteiger charge is -2.24. The van der Waals surface area contributed by atoms with Gasteiger partial charge in [0.1, 0.15) is 0 Å². The first-order valence-corrected chi connectivity index (χ1v) is 18.6. The molecule has 0 fully saturated rings. The molecule has 0 saturated carbocycles. The minimum absolute atomic E-state index is 0.0768. The summed E-state index contributed by atoms with van der Waals surface area (Å²) in [7, 11) is -6.65. The van der Waals surface area contributed by atoms with Gasteiger partial charge in [-0.1, -0.05) is 62.5 Å². The SMILES string of the molecule is C[Si](C)(C)CCOP(=O)(OCC[Si](C)(C)C)Oc1c(Cl)cc(Cl)cc1CO. The largest absolute Gasteiger partial charge is 0.530 e. The molecule has 1 aromatic rings. The van der Waals surface area contributed by atoms with Crippen molar-refractivity contribution in [2.24, 2.45) is 0 Å². The highest BCUT2D eigenvalue weighted by atomic mass is 35.5. The normalized spacial score (nSPS) is 13.1. The van der Waals surface area contributed by atoms with Crippen LogP contribution in [0.2, 0.25) is 61.4 Å². The molecule has 0 saturated heterocycles. The molecule has 0 heterocycles. The predicted molar refractivity (Wildman–Crippen MR) is 119 cm³/mol. The summed E-state index contributed by atoms with van der Waals surface area (Å²) in [5.41, 5.74) is 0.329. The molecule has 0 spiro atoms. The minimum Gasteiger partial charge on any atom is -0.402 e. The van der Waals surface area contributed by atoms with Crippen LogP contribution in [0, 0.1) is 0 Å². The topological polar surface area (TPSA) is 65.0 Å². The Morgan fingerprint density at radius 2 is 1.44 bits per heavy atom. The zero-order chi connectivity index (χ0) is 20.9. The molecule has 1 aromatic carbocycles. The summed E-state index contributed by atoms with van der Waals surface area (Å²) < 4.78 is 30.1. The van der Waals surface area contributed by atoms with Gasteiger partial charge in [-0.2, -0.15) is 0 Å². The second-order valence-corrected chi connectivity index (χ2v) is 22.5. The van der Waals surface area contributed by atoms with Crippen molar-refractivity contribution in [1.29, 1.82) is 0 Å². The monoisotopic (exact) mass is 472 g/mol. The average Bonchev–Trinajstić information content (AvgIpc) is 2.47. The summed E-state index contributed by atoms with van der Waals surface area (Å²) in [4.78, 5) is 0. The van der Waals surface area contributed by atoms with Crippen molar-refractivity contribution in [2.75, 3.05) is 13.2 Å². The second kappa shape index (κ2) is 10.3. The van der Waals surface area contributed by atoms with Gasteiger partial charge in [0.25, 0.3) is 0 Å². The molecule has 1 N–H and O–H groups in total. The van der Waals surface area contributed by atoms with E-state index in [1.54, 1.807) is 0 Å². The smallest absolute Gasteiger partial charge is 0.402 e. The van der Waals surface area contributed by atoms with E-state index in [1.165, 1.54) is 12.1 Å². The van der Waals surface area contributed by atoms with Crippen molar-refractivity contribution in [1.82, 2.24) is 0 Å². The number of aliphatic hydroxyl groups excluding tert-OH is 1. The van der Waals surface area contributed by atoms with Gasteiger partial charge in [0.05, 0.1) is 24.8 Å². The van der Waals surface area contributed by atoms with Gasteiger partial charge in [-0.25, -0.2) is 4.57 Å². The third kappa shape index (κ3) is 9.95. The molecular weight excluding hydrogens is 442 g/mol. The van der Waals surface area contributed by atoms with Crippen molar-refractivity contribution < 1.29 is 23.2 Å². The van der Waals surface area contributed by atoms with Gasteiger partial charge in [-0.05, 0) is 24.2 Å². The summed E-state index contributed by atoms with van der Waals surface area (Å²) in [6.45, 7) is 13.4. The number of hydrogen-bond donors (Lipinski definition) is 1. The van der Waals surface area contributed by atoms with Gasteiger partial charge < -0.3 is 9.63 Å². The van der Waals surface area contributed by atoms with Crippen LogP contribution in [0.15, 0.2) is 12.1 Å². The lowest BCUT2D eigenvalue weighted by Crippen LogP contribution is -2.23.